The number of nitrogens with one attached hydrogen (secondary N) is 2. The van der Waals surface area contributed by atoms with Gasteiger partial charge in [0, 0.05) is 55.4 Å². The summed E-state index contributed by atoms with van der Waals surface area (Å²) in [6.07, 6.45) is 6.41. The first-order valence-corrected chi connectivity index (χ1v) is 11.8. The van der Waals surface area contributed by atoms with Crippen LogP contribution in [0.2, 0.25) is 0 Å². The van der Waals surface area contributed by atoms with Crippen molar-refractivity contribution < 1.29 is 19.1 Å². The summed E-state index contributed by atoms with van der Waals surface area (Å²) in [5.41, 5.74) is 1.27. The molecule has 1 aromatic carbocycles. The largest absolute Gasteiger partial charge is 0.381 e. The Bertz CT molecular complexity index is 738. The molecule has 31 heavy (non-hydrogen) atoms. The summed E-state index contributed by atoms with van der Waals surface area (Å²) in [5.74, 6) is 0.491. The molecule has 7 nitrogen and oxygen atoms in total. The van der Waals surface area contributed by atoms with Crippen LogP contribution in [-0.2, 0) is 14.3 Å². The minimum absolute atomic E-state index is 0.0749. The molecule has 2 atom stereocenters. The van der Waals surface area contributed by atoms with Crippen molar-refractivity contribution in [2.45, 2.75) is 44.6 Å². The van der Waals surface area contributed by atoms with E-state index in [9.17, 15) is 9.59 Å². The van der Waals surface area contributed by atoms with Crippen LogP contribution in [0.25, 0.3) is 0 Å². The number of morpholine rings is 1. The molecule has 2 heterocycles. The summed E-state index contributed by atoms with van der Waals surface area (Å²) >= 11 is 0. The molecular weight excluding hydrogens is 394 g/mol. The second-order valence-electron chi connectivity index (χ2n) is 8.95. The second-order valence-corrected chi connectivity index (χ2v) is 8.95. The minimum atomic E-state index is -0.106. The molecule has 2 aliphatic heterocycles. The van der Waals surface area contributed by atoms with Crippen molar-refractivity contribution in [2.24, 2.45) is 11.8 Å². The predicted molar refractivity (Wildman–Crippen MR) is 119 cm³/mol. The third kappa shape index (κ3) is 6.05. The van der Waals surface area contributed by atoms with Crippen molar-refractivity contribution >= 4 is 17.5 Å². The maximum atomic E-state index is 12.9. The molecule has 3 fully saturated rings. The first-order chi connectivity index (χ1) is 15.2. The minimum Gasteiger partial charge on any atom is -0.381 e. The lowest BCUT2D eigenvalue weighted by Crippen LogP contribution is -2.52. The predicted octanol–water partition coefficient (Wildman–Crippen LogP) is 2.67. The number of carbonyl (C=O) groups excluding carboxylic acids is 2. The third-order valence-corrected chi connectivity index (χ3v) is 6.86. The zero-order chi connectivity index (χ0) is 21.5. The number of rotatable bonds is 7. The Hall–Kier alpha value is -1.96. The number of anilines is 1. The van der Waals surface area contributed by atoms with Gasteiger partial charge in [-0.2, -0.15) is 0 Å². The molecule has 2 unspecified atom stereocenters. The van der Waals surface area contributed by atoms with Gasteiger partial charge in [0.2, 0.25) is 5.91 Å². The number of benzene rings is 1. The quantitative estimate of drug-likeness (QED) is 0.697. The zero-order valence-electron chi connectivity index (χ0n) is 18.3. The summed E-state index contributed by atoms with van der Waals surface area (Å²) in [4.78, 5) is 27.9. The summed E-state index contributed by atoms with van der Waals surface area (Å²) in [6.45, 7) is 5.38. The molecular formula is C24H35N3O4. The molecule has 1 aromatic rings. The zero-order valence-corrected chi connectivity index (χ0v) is 18.3. The number of amides is 2. The highest BCUT2D eigenvalue weighted by Crippen LogP contribution is 2.25. The molecule has 7 heteroatoms. The van der Waals surface area contributed by atoms with Crippen molar-refractivity contribution in [1.82, 2.24) is 10.2 Å². The van der Waals surface area contributed by atoms with E-state index in [1.54, 1.807) is 12.1 Å². The molecule has 0 bridgehead atoms. The smallest absolute Gasteiger partial charge is 0.251 e. The number of hydrogen-bond donors (Lipinski definition) is 2. The Morgan fingerprint density at radius 2 is 1.84 bits per heavy atom. The molecule has 4 rings (SSSR count). The number of ether oxygens (including phenoxy) is 2. The van der Waals surface area contributed by atoms with E-state index in [0.29, 0.717) is 23.7 Å². The van der Waals surface area contributed by atoms with Crippen LogP contribution in [0.1, 0.15) is 48.9 Å². The van der Waals surface area contributed by atoms with Crippen LogP contribution in [0, 0.1) is 11.8 Å². The molecule has 2 N–H and O–H groups in total. The van der Waals surface area contributed by atoms with Gasteiger partial charge in [-0.25, -0.2) is 0 Å². The van der Waals surface area contributed by atoms with Crippen LogP contribution in [0.15, 0.2) is 24.3 Å². The average molecular weight is 430 g/mol. The third-order valence-electron chi connectivity index (χ3n) is 6.86. The van der Waals surface area contributed by atoms with Gasteiger partial charge in [0.25, 0.3) is 5.91 Å². The van der Waals surface area contributed by atoms with Crippen LogP contribution in [0.4, 0.5) is 5.69 Å². The fraction of sp³-hybridized carbons (Fsp3) is 0.667. The molecule has 3 aliphatic rings. The van der Waals surface area contributed by atoms with E-state index in [1.165, 1.54) is 6.42 Å². The fourth-order valence-corrected chi connectivity index (χ4v) is 5.01. The standard InChI is InChI=1S/C24H35N3O4/c28-23(25-16-22(20-9-12-31-17-20)27-10-13-30-14-11-27)19-7-4-8-21(15-19)26-24(29)18-5-2-1-3-6-18/h4,7-8,15,18,20,22H,1-3,5-6,9-14,16-17H2,(H,25,28)(H,26,29). The van der Waals surface area contributed by atoms with E-state index in [1.807, 2.05) is 12.1 Å². The normalized spacial score (nSPS) is 23.9. The summed E-state index contributed by atoms with van der Waals surface area (Å²) in [5, 5.41) is 6.14. The van der Waals surface area contributed by atoms with E-state index in [0.717, 1.165) is 71.6 Å². The maximum Gasteiger partial charge on any atom is 0.251 e. The lowest BCUT2D eigenvalue weighted by Gasteiger charge is -2.37. The van der Waals surface area contributed by atoms with Gasteiger partial charge < -0.3 is 20.1 Å². The Morgan fingerprint density at radius 1 is 1.03 bits per heavy atom. The molecule has 0 radical (unpaired) electrons. The highest BCUT2D eigenvalue weighted by molar-refractivity contribution is 5.97. The van der Waals surface area contributed by atoms with Gasteiger partial charge in [-0.1, -0.05) is 25.3 Å². The van der Waals surface area contributed by atoms with Crippen LogP contribution < -0.4 is 10.6 Å². The van der Waals surface area contributed by atoms with Gasteiger partial charge in [-0.05, 0) is 37.5 Å². The molecule has 170 valence electrons. The van der Waals surface area contributed by atoms with Crippen LogP contribution in [0.5, 0.6) is 0 Å². The lowest BCUT2D eigenvalue weighted by atomic mass is 9.88. The van der Waals surface area contributed by atoms with Crippen molar-refractivity contribution in [3.63, 3.8) is 0 Å². The van der Waals surface area contributed by atoms with Gasteiger partial charge in [0.05, 0.1) is 19.8 Å². The number of nitrogens with zero attached hydrogens (tertiary/aromatic N) is 1. The number of carbonyl (C=O) groups is 2. The molecule has 0 aromatic heterocycles. The maximum absolute atomic E-state index is 12.9. The summed E-state index contributed by atoms with van der Waals surface area (Å²) < 4.78 is 11.1. The fourth-order valence-electron chi connectivity index (χ4n) is 5.01. The first kappa shape index (κ1) is 22.2. The van der Waals surface area contributed by atoms with E-state index < -0.39 is 0 Å². The summed E-state index contributed by atoms with van der Waals surface area (Å²) in [7, 11) is 0. The Labute approximate surface area is 184 Å². The molecule has 0 spiro atoms. The SMILES string of the molecule is O=C(NCC(C1CCOC1)N1CCOCC1)c1cccc(NC(=O)C2CCCCC2)c1. The van der Waals surface area contributed by atoms with Crippen molar-refractivity contribution in [3.05, 3.63) is 29.8 Å². The molecule has 2 amide bonds. The van der Waals surface area contributed by atoms with Crippen molar-refractivity contribution in [1.29, 1.82) is 0 Å². The van der Waals surface area contributed by atoms with Crippen LogP contribution in [0.3, 0.4) is 0 Å². The number of hydrogen-bond acceptors (Lipinski definition) is 5. The van der Waals surface area contributed by atoms with Gasteiger partial charge in [-0.15, -0.1) is 0 Å². The van der Waals surface area contributed by atoms with Crippen molar-refractivity contribution in [3.8, 4) is 0 Å². The Kier molecular flexibility index (Phi) is 7.94. The van der Waals surface area contributed by atoms with E-state index in [2.05, 4.69) is 15.5 Å². The van der Waals surface area contributed by atoms with E-state index in [-0.39, 0.29) is 23.8 Å². The van der Waals surface area contributed by atoms with Crippen LogP contribution in [-0.4, -0.2) is 68.8 Å². The highest BCUT2D eigenvalue weighted by Gasteiger charge is 2.32. The molecule has 2 saturated heterocycles. The van der Waals surface area contributed by atoms with Gasteiger partial charge in [0.15, 0.2) is 0 Å². The van der Waals surface area contributed by atoms with E-state index in [4.69, 9.17) is 9.47 Å². The topological polar surface area (TPSA) is 79.9 Å². The highest BCUT2D eigenvalue weighted by atomic mass is 16.5. The molecule has 1 saturated carbocycles. The second kappa shape index (κ2) is 11.1. The van der Waals surface area contributed by atoms with Crippen LogP contribution >= 0.6 is 0 Å². The summed E-state index contributed by atoms with van der Waals surface area (Å²) in [6, 6.07) is 7.51. The first-order valence-electron chi connectivity index (χ1n) is 11.8. The average Bonchev–Trinajstić information content (AvgIpc) is 3.35. The Balaban J connectivity index is 1.34. The lowest BCUT2D eigenvalue weighted by molar-refractivity contribution is -0.120. The van der Waals surface area contributed by atoms with Gasteiger partial charge >= 0.3 is 0 Å². The van der Waals surface area contributed by atoms with Gasteiger partial charge in [0.1, 0.15) is 0 Å². The van der Waals surface area contributed by atoms with Gasteiger partial charge in [-0.3, -0.25) is 14.5 Å². The van der Waals surface area contributed by atoms with E-state index >= 15 is 0 Å². The molecule has 1 aliphatic carbocycles. The van der Waals surface area contributed by atoms with Crippen molar-refractivity contribution in [2.75, 3.05) is 51.4 Å². The monoisotopic (exact) mass is 429 g/mol. The Morgan fingerprint density at radius 3 is 2.58 bits per heavy atom.